The first kappa shape index (κ1) is 18.7. The first-order valence-electron chi connectivity index (χ1n) is 9.86. The molecule has 0 radical (unpaired) electrons. The minimum Gasteiger partial charge on any atom is -0.355 e. The SMILES string of the molecule is O=C(Nc1cnc2ccccc2c1)C1CCN(C2=NS(=O)(=O)c3ccccc32)CC1. The molecule has 5 rings (SSSR count). The Labute approximate surface area is 174 Å². The van der Waals surface area contributed by atoms with E-state index in [-0.39, 0.29) is 16.7 Å². The number of benzene rings is 2. The smallest absolute Gasteiger partial charge is 0.285 e. The standard InChI is InChI=1S/C22H20N4O3S/c27-22(24-17-13-16-5-1-3-7-19(16)23-14-17)15-9-11-26(12-10-15)21-18-6-2-4-8-20(18)30(28,29)25-21/h1-8,13-15H,9-12H2,(H,24,27). The van der Waals surface area contributed by atoms with Crippen molar-refractivity contribution in [3.8, 4) is 0 Å². The zero-order valence-electron chi connectivity index (χ0n) is 16.2. The van der Waals surface area contributed by atoms with E-state index in [4.69, 9.17) is 0 Å². The van der Waals surface area contributed by atoms with E-state index >= 15 is 0 Å². The van der Waals surface area contributed by atoms with Crippen LogP contribution >= 0.6 is 0 Å². The van der Waals surface area contributed by atoms with Crippen molar-refractivity contribution in [3.63, 3.8) is 0 Å². The summed E-state index contributed by atoms with van der Waals surface area (Å²) in [6.45, 7) is 1.16. The fourth-order valence-electron chi connectivity index (χ4n) is 4.05. The molecule has 2 aromatic carbocycles. The molecule has 1 N–H and O–H groups in total. The number of para-hydroxylation sites is 1. The average molecular weight is 420 g/mol. The maximum atomic E-state index is 12.7. The second-order valence-corrected chi connectivity index (χ2v) is 9.13. The number of hydrogen-bond donors (Lipinski definition) is 1. The molecule has 0 saturated carbocycles. The summed E-state index contributed by atoms with van der Waals surface area (Å²) >= 11 is 0. The van der Waals surface area contributed by atoms with Crippen LogP contribution < -0.4 is 5.32 Å². The van der Waals surface area contributed by atoms with Crippen LogP contribution in [0.4, 0.5) is 5.69 Å². The summed E-state index contributed by atoms with van der Waals surface area (Å²) in [5, 5.41) is 3.95. The Morgan fingerprint density at radius 1 is 1.03 bits per heavy atom. The number of likely N-dealkylation sites (tertiary alicyclic amines) is 1. The predicted molar refractivity (Wildman–Crippen MR) is 115 cm³/mol. The van der Waals surface area contributed by atoms with E-state index in [2.05, 4.69) is 14.7 Å². The molecule has 2 aliphatic rings. The van der Waals surface area contributed by atoms with Gasteiger partial charge in [0, 0.05) is 30.0 Å². The average Bonchev–Trinajstić information content (AvgIpc) is 3.05. The maximum Gasteiger partial charge on any atom is 0.285 e. The Kier molecular flexibility index (Phi) is 4.51. The molecule has 3 heterocycles. The maximum absolute atomic E-state index is 12.7. The molecule has 1 aromatic heterocycles. The van der Waals surface area contributed by atoms with E-state index in [1.54, 1.807) is 24.4 Å². The van der Waals surface area contributed by atoms with Gasteiger partial charge in [-0.3, -0.25) is 9.78 Å². The predicted octanol–water partition coefficient (Wildman–Crippen LogP) is 3.03. The van der Waals surface area contributed by atoms with Crippen LogP contribution in [0.1, 0.15) is 18.4 Å². The number of hydrogen-bond acceptors (Lipinski definition) is 5. The summed E-state index contributed by atoms with van der Waals surface area (Å²) in [5.74, 6) is 0.317. The zero-order valence-corrected chi connectivity index (χ0v) is 17.0. The van der Waals surface area contributed by atoms with Crippen LogP contribution in [-0.4, -0.2) is 43.1 Å². The van der Waals surface area contributed by atoms with Crippen molar-refractivity contribution in [3.05, 3.63) is 66.4 Å². The number of sulfonamides is 1. The highest BCUT2D eigenvalue weighted by Crippen LogP contribution is 2.30. The highest BCUT2D eigenvalue weighted by molar-refractivity contribution is 7.90. The number of carbonyl (C=O) groups excluding carboxylic acids is 1. The molecule has 30 heavy (non-hydrogen) atoms. The minimum absolute atomic E-state index is 0.0342. The number of amides is 1. The van der Waals surface area contributed by atoms with Gasteiger partial charge in [0.2, 0.25) is 5.91 Å². The number of anilines is 1. The molecule has 0 unspecified atom stereocenters. The molecule has 8 heteroatoms. The van der Waals surface area contributed by atoms with Gasteiger partial charge in [-0.25, -0.2) is 0 Å². The Bertz CT molecular complexity index is 1280. The van der Waals surface area contributed by atoms with Crippen LogP contribution in [0.15, 0.2) is 70.1 Å². The molecule has 1 fully saturated rings. The Hall–Kier alpha value is -3.26. The molecular weight excluding hydrogens is 400 g/mol. The molecule has 3 aromatic rings. The van der Waals surface area contributed by atoms with Crippen LogP contribution in [0.5, 0.6) is 0 Å². The van der Waals surface area contributed by atoms with Gasteiger partial charge in [-0.05, 0) is 37.1 Å². The van der Waals surface area contributed by atoms with E-state index in [0.29, 0.717) is 43.0 Å². The van der Waals surface area contributed by atoms with Gasteiger partial charge in [-0.15, -0.1) is 4.40 Å². The lowest BCUT2D eigenvalue weighted by Crippen LogP contribution is -2.41. The lowest BCUT2D eigenvalue weighted by atomic mass is 9.95. The number of fused-ring (bicyclic) bond motifs is 2. The van der Waals surface area contributed by atoms with E-state index < -0.39 is 10.0 Å². The van der Waals surface area contributed by atoms with E-state index in [9.17, 15) is 13.2 Å². The molecular formula is C22H20N4O3S. The molecule has 7 nitrogen and oxygen atoms in total. The second-order valence-electron chi connectivity index (χ2n) is 7.55. The summed E-state index contributed by atoms with van der Waals surface area (Å²) in [5.41, 5.74) is 2.21. The topological polar surface area (TPSA) is 91.7 Å². The molecule has 1 saturated heterocycles. The number of aromatic nitrogens is 1. The number of nitrogens with one attached hydrogen (secondary N) is 1. The highest BCUT2D eigenvalue weighted by Gasteiger charge is 2.34. The largest absolute Gasteiger partial charge is 0.355 e. The molecule has 1 amide bonds. The summed E-state index contributed by atoms with van der Waals surface area (Å²) in [4.78, 5) is 19.3. The molecule has 0 bridgehead atoms. The van der Waals surface area contributed by atoms with Gasteiger partial charge in [-0.1, -0.05) is 30.3 Å². The molecule has 0 atom stereocenters. The quantitative estimate of drug-likeness (QED) is 0.688. The summed E-state index contributed by atoms with van der Waals surface area (Å²) < 4.78 is 28.6. The Morgan fingerprint density at radius 3 is 2.60 bits per heavy atom. The van der Waals surface area contributed by atoms with Gasteiger partial charge in [0.15, 0.2) is 5.84 Å². The van der Waals surface area contributed by atoms with Gasteiger partial charge in [0.05, 0.1) is 17.4 Å². The number of piperidine rings is 1. The van der Waals surface area contributed by atoms with Crippen molar-refractivity contribution in [2.24, 2.45) is 10.3 Å². The van der Waals surface area contributed by atoms with Crippen molar-refractivity contribution in [1.29, 1.82) is 0 Å². The Balaban J connectivity index is 1.26. The number of amidine groups is 1. The van der Waals surface area contributed by atoms with Gasteiger partial charge < -0.3 is 10.2 Å². The van der Waals surface area contributed by atoms with E-state index in [1.165, 1.54) is 0 Å². The normalized spacial score (nSPS) is 18.1. The molecule has 2 aliphatic heterocycles. The number of pyridine rings is 1. The highest BCUT2D eigenvalue weighted by atomic mass is 32.2. The summed E-state index contributed by atoms with van der Waals surface area (Å²) in [6.07, 6.45) is 2.94. The first-order valence-corrected chi connectivity index (χ1v) is 11.3. The first-order chi connectivity index (χ1) is 14.5. The van der Waals surface area contributed by atoms with Gasteiger partial charge in [0.1, 0.15) is 4.90 Å². The number of nitrogens with zero attached hydrogens (tertiary/aromatic N) is 3. The number of rotatable bonds is 2. The molecule has 0 spiro atoms. The minimum atomic E-state index is -3.63. The molecule has 0 aliphatic carbocycles. The van der Waals surface area contributed by atoms with Crippen LogP contribution in [0, 0.1) is 5.92 Å². The zero-order chi connectivity index (χ0) is 20.7. The monoisotopic (exact) mass is 420 g/mol. The van der Waals surface area contributed by atoms with Gasteiger partial charge in [-0.2, -0.15) is 8.42 Å². The summed E-state index contributed by atoms with van der Waals surface area (Å²) in [7, 11) is -3.63. The third-order valence-corrected chi connectivity index (χ3v) is 6.96. The van der Waals surface area contributed by atoms with E-state index in [1.807, 2.05) is 41.3 Å². The fourth-order valence-corrected chi connectivity index (χ4v) is 5.28. The van der Waals surface area contributed by atoms with Gasteiger partial charge >= 0.3 is 0 Å². The van der Waals surface area contributed by atoms with Gasteiger partial charge in [0.25, 0.3) is 10.0 Å². The fraction of sp³-hybridized carbons (Fsp3) is 0.227. The van der Waals surface area contributed by atoms with Crippen molar-refractivity contribution in [2.45, 2.75) is 17.7 Å². The molecule has 152 valence electrons. The van der Waals surface area contributed by atoms with Crippen LogP contribution in [0.3, 0.4) is 0 Å². The third-order valence-electron chi connectivity index (χ3n) is 5.64. The summed E-state index contributed by atoms with van der Waals surface area (Å²) in [6, 6.07) is 16.6. The van der Waals surface area contributed by atoms with Crippen molar-refractivity contribution in [1.82, 2.24) is 9.88 Å². The second kappa shape index (κ2) is 7.21. The Morgan fingerprint density at radius 2 is 1.77 bits per heavy atom. The number of carbonyl (C=O) groups is 1. The van der Waals surface area contributed by atoms with Crippen LogP contribution in [0.25, 0.3) is 10.9 Å². The van der Waals surface area contributed by atoms with Crippen LogP contribution in [0.2, 0.25) is 0 Å². The lowest BCUT2D eigenvalue weighted by molar-refractivity contribution is -0.120. The van der Waals surface area contributed by atoms with Crippen molar-refractivity contribution >= 4 is 38.4 Å². The van der Waals surface area contributed by atoms with Crippen molar-refractivity contribution in [2.75, 3.05) is 18.4 Å². The lowest BCUT2D eigenvalue weighted by Gasteiger charge is -2.32. The van der Waals surface area contributed by atoms with E-state index in [0.717, 1.165) is 10.9 Å². The third kappa shape index (κ3) is 3.33. The van der Waals surface area contributed by atoms with Crippen molar-refractivity contribution < 1.29 is 13.2 Å². The van der Waals surface area contributed by atoms with Crippen LogP contribution in [-0.2, 0) is 14.8 Å².